The van der Waals surface area contributed by atoms with Crippen molar-refractivity contribution in [1.82, 2.24) is 9.21 Å². The van der Waals surface area contributed by atoms with Crippen LogP contribution in [0.15, 0.2) is 29.2 Å². The van der Waals surface area contributed by atoms with Gasteiger partial charge in [-0.25, -0.2) is 8.42 Å². The van der Waals surface area contributed by atoms with E-state index >= 15 is 0 Å². The monoisotopic (exact) mass is 388 g/mol. The molecule has 0 radical (unpaired) electrons. The minimum atomic E-state index is -3.41. The zero-order valence-electron chi connectivity index (χ0n) is 13.9. The van der Waals surface area contributed by atoms with Crippen molar-refractivity contribution in [2.75, 3.05) is 56.3 Å². The highest BCUT2D eigenvalue weighted by molar-refractivity contribution is 8.03. The summed E-state index contributed by atoms with van der Waals surface area (Å²) in [5, 5.41) is 0. The van der Waals surface area contributed by atoms with E-state index in [0.29, 0.717) is 29.8 Å². The lowest BCUT2D eigenvalue weighted by Crippen LogP contribution is -2.53. The summed E-state index contributed by atoms with van der Waals surface area (Å²) in [5.41, 5.74) is 0. The van der Waals surface area contributed by atoms with Crippen molar-refractivity contribution in [2.45, 2.75) is 10.9 Å². The van der Waals surface area contributed by atoms with Gasteiger partial charge in [0, 0.05) is 55.2 Å². The maximum atomic E-state index is 12.8. The number of rotatable bonds is 4. The number of methoxy groups -OCH3 is 1. The Morgan fingerprint density at radius 3 is 2.12 bits per heavy atom. The summed E-state index contributed by atoms with van der Waals surface area (Å²) in [6.07, 6.45) is 0. The summed E-state index contributed by atoms with van der Waals surface area (Å²) in [6.45, 7) is 2.78. The zero-order valence-corrected chi connectivity index (χ0v) is 16.3. The largest absolute Gasteiger partial charge is 0.497 e. The molecule has 2 heterocycles. The summed E-state index contributed by atoms with van der Waals surface area (Å²) < 4.78 is 32.3. The molecule has 0 N–H and O–H groups in total. The number of benzene rings is 1. The number of nitrogens with zero attached hydrogens (tertiary/aromatic N) is 2. The lowest BCUT2D eigenvalue weighted by molar-refractivity contribution is 0.158. The molecule has 2 aliphatic rings. The first-order valence-corrected chi connectivity index (χ1v) is 11.9. The van der Waals surface area contributed by atoms with E-state index in [-0.39, 0.29) is 0 Å². The van der Waals surface area contributed by atoms with E-state index in [4.69, 9.17) is 4.74 Å². The molecule has 0 aromatic heterocycles. The van der Waals surface area contributed by atoms with E-state index in [1.54, 1.807) is 35.7 Å². The number of hydrogen-bond donors (Lipinski definition) is 0. The maximum absolute atomic E-state index is 12.8. The molecular weight excluding hydrogens is 364 g/mol. The van der Waals surface area contributed by atoms with Crippen LogP contribution in [0.5, 0.6) is 5.75 Å². The van der Waals surface area contributed by atoms with Crippen LogP contribution in [0, 0.1) is 0 Å². The van der Waals surface area contributed by atoms with Gasteiger partial charge >= 0.3 is 0 Å². The van der Waals surface area contributed by atoms with Crippen molar-refractivity contribution in [3.8, 4) is 5.75 Å². The van der Waals surface area contributed by atoms with E-state index in [1.165, 1.54) is 11.5 Å². The average Bonchev–Trinajstić information content (AvgIpc) is 2.91. The Morgan fingerprint density at radius 2 is 1.58 bits per heavy atom. The van der Waals surface area contributed by atoms with Crippen molar-refractivity contribution < 1.29 is 13.2 Å². The lowest BCUT2D eigenvalue weighted by atomic mass is 10.2. The van der Waals surface area contributed by atoms with Crippen molar-refractivity contribution >= 4 is 33.5 Å². The van der Waals surface area contributed by atoms with Crippen molar-refractivity contribution in [2.24, 2.45) is 0 Å². The normalized spacial score (nSPS) is 22.2. The van der Waals surface area contributed by atoms with Gasteiger partial charge in [-0.15, -0.1) is 0 Å². The fourth-order valence-corrected chi connectivity index (χ4v) is 7.07. The number of thioether (sulfide) groups is 2. The Labute approximate surface area is 153 Å². The van der Waals surface area contributed by atoms with Gasteiger partial charge in [0.2, 0.25) is 10.0 Å². The molecule has 0 spiro atoms. The molecule has 2 fully saturated rings. The third kappa shape index (κ3) is 4.22. The fraction of sp³-hybridized carbons (Fsp3) is 0.625. The van der Waals surface area contributed by atoms with Crippen LogP contribution in [0.25, 0.3) is 0 Å². The number of ether oxygens (including phenoxy) is 1. The second-order valence-corrected chi connectivity index (χ2v) is 10.2. The van der Waals surface area contributed by atoms with Crippen LogP contribution in [0.3, 0.4) is 0 Å². The van der Waals surface area contributed by atoms with Gasteiger partial charge in [0.25, 0.3) is 0 Å². The van der Waals surface area contributed by atoms with Crippen LogP contribution in [0.2, 0.25) is 0 Å². The zero-order chi connectivity index (χ0) is 17.0. The molecule has 24 heavy (non-hydrogen) atoms. The molecule has 0 bridgehead atoms. The van der Waals surface area contributed by atoms with Crippen molar-refractivity contribution in [1.29, 1.82) is 0 Å². The van der Waals surface area contributed by atoms with Gasteiger partial charge in [-0.2, -0.15) is 27.8 Å². The molecular formula is C16H24N2O3S3. The SMILES string of the molecule is COc1ccc(S(=O)(=O)N2CCN(C3CSCCSC3)CC2)cc1. The number of hydrogen-bond acceptors (Lipinski definition) is 6. The second kappa shape index (κ2) is 8.31. The molecule has 0 atom stereocenters. The predicted molar refractivity (Wildman–Crippen MR) is 102 cm³/mol. The van der Waals surface area contributed by atoms with E-state index in [2.05, 4.69) is 4.90 Å². The molecule has 2 saturated heterocycles. The van der Waals surface area contributed by atoms with Gasteiger partial charge in [-0.1, -0.05) is 0 Å². The lowest BCUT2D eigenvalue weighted by Gasteiger charge is -2.38. The van der Waals surface area contributed by atoms with Gasteiger partial charge in [-0.3, -0.25) is 4.90 Å². The molecule has 0 amide bonds. The third-order valence-corrected chi connectivity index (χ3v) is 8.88. The highest BCUT2D eigenvalue weighted by Crippen LogP contribution is 2.24. The number of sulfonamides is 1. The quantitative estimate of drug-likeness (QED) is 0.785. The topological polar surface area (TPSA) is 49.9 Å². The molecule has 2 aliphatic heterocycles. The summed E-state index contributed by atoms with van der Waals surface area (Å²) in [6, 6.07) is 7.22. The Morgan fingerprint density at radius 1 is 1.00 bits per heavy atom. The first-order valence-electron chi connectivity index (χ1n) is 8.15. The van der Waals surface area contributed by atoms with Crippen LogP contribution in [0.1, 0.15) is 0 Å². The Bertz CT molecular complexity index is 620. The molecule has 0 aliphatic carbocycles. The predicted octanol–water partition coefficient (Wildman–Crippen LogP) is 1.85. The fourth-order valence-electron chi connectivity index (χ4n) is 3.02. The van der Waals surface area contributed by atoms with Crippen molar-refractivity contribution in [3.63, 3.8) is 0 Å². The van der Waals surface area contributed by atoms with E-state index in [0.717, 1.165) is 24.6 Å². The first kappa shape index (κ1) is 18.4. The van der Waals surface area contributed by atoms with Gasteiger partial charge in [0.15, 0.2) is 0 Å². The van der Waals surface area contributed by atoms with Crippen molar-refractivity contribution in [3.05, 3.63) is 24.3 Å². The Kier molecular flexibility index (Phi) is 6.37. The second-order valence-electron chi connectivity index (χ2n) is 5.92. The minimum absolute atomic E-state index is 0.345. The molecule has 0 unspecified atom stereocenters. The number of piperazine rings is 1. The molecule has 0 saturated carbocycles. The van der Waals surface area contributed by atoms with Crippen LogP contribution in [0.4, 0.5) is 0 Å². The van der Waals surface area contributed by atoms with Gasteiger partial charge in [-0.05, 0) is 24.3 Å². The van der Waals surface area contributed by atoms with Gasteiger partial charge in [0.05, 0.1) is 12.0 Å². The Hall–Kier alpha value is -0.410. The molecule has 134 valence electrons. The maximum Gasteiger partial charge on any atom is 0.243 e. The van der Waals surface area contributed by atoms with E-state index < -0.39 is 10.0 Å². The minimum Gasteiger partial charge on any atom is -0.497 e. The first-order chi connectivity index (χ1) is 11.6. The molecule has 1 aromatic carbocycles. The average molecular weight is 389 g/mol. The highest BCUT2D eigenvalue weighted by atomic mass is 32.2. The summed E-state index contributed by atoms with van der Waals surface area (Å²) >= 11 is 4.04. The van der Waals surface area contributed by atoms with Gasteiger partial charge < -0.3 is 4.74 Å². The summed E-state index contributed by atoms with van der Waals surface area (Å²) in [5.74, 6) is 5.46. The van der Waals surface area contributed by atoms with E-state index in [1.807, 2.05) is 23.5 Å². The summed E-state index contributed by atoms with van der Waals surface area (Å²) in [7, 11) is -1.83. The van der Waals surface area contributed by atoms with Crippen LogP contribution in [-0.4, -0.2) is 80.0 Å². The Balaban J connectivity index is 1.62. The van der Waals surface area contributed by atoms with Crippen LogP contribution >= 0.6 is 23.5 Å². The smallest absolute Gasteiger partial charge is 0.243 e. The highest BCUT2D eigenvalue weighted by Gasteiger charge is 2.31. The molecule has 1 aromatic rings. The van der Waals surface area contributed by atoms with Crippen LogP contribution in [-0.2, 0) is 10.0 Å². The van der Waals surface area contributed by atoms with Crippen LogP contribution < -0.4 is 4.74 Å². The van der Waals surface area contributed by atoms with Gasteiger partial charge in [0.1, 0.15) is 5.75 Å². The molecule has 3 rings (SSSR count). The third-order valence-electron chi connectivity index (χ3n) is 4.48. The summed E-state index contributed by atoms with van der Waals surface area (Å²) in [4.78, 5) is 2.81. The molecule has 5 nitrogen and oxygen atoms in total. The standard InChI is InChI=1S/C16H24N2O3S3/c1-21-15-2-4-16(5-3-15)24(19,20)18-8-6-17(7-9-18)14-12-22-10-11-23-13-14/h2-5,14H,6-13H2,1H3. The van der Waals surface area contributed by atoms with E-state index in [9.17, 15) is 8.42 Å². The molecule has 8 heteroatoms.